The fourth-order valence-electron chi connectivity index (χ4n) is 2.14. The van der Waals surface area contributed by atoms with Crippen LogP contribution in [0.4, 0.5) is 11.4 Å². The Morgan fingerprint density at radius 3 is 2.76 bits per heavy atom. The van der Waals surface area contributed by atoms with Crippen molar-refractivity contribution in [2.75, 3.05) is 11.1 Å². The summed E-state index contributed by atoms with van der Waals surface area (Å²) in [5.74, 6) is -0.106. The van der Waals surface area contributed by atoms with Crippen LogP contribution < -0.4 is 11.1 Å². The van der Waals surface area contributed by atoms with E-state index in [4.69, 9.17) is 5.73 Å². The molecule has 5 nitrogen and oxygen atoms in total. The van der Waals surface area contributed by atoms with E-state index in [0.717, 1.165) is 27.8 Å². The summed E-state index contributed by atoms with van der Waals surface area (Å²) in [7, 11) is 0. The molecule has 6 heteroatoms. The quantitative estimate of drug-likeness (QED) is 0.785. The van der Waals surface area contributed by atoms with Gasteiger partial charge in [0.05, 0.1) is 11.4 Å². The second-order valence-corrected chi connectivity index (χ2v) is 6.08. The molecule has 1 heterocycles. The van der Waals surface area contributed by atoms with Crippen molar-refractivity contribution in [3.63, 3.8) is 0 Å². The molecule has 0 fully saturated rings. The highest BCUT2D eigenvalue weighted by Crippen LogP contribution is 2.25. The smallest absolute Gasteiger partial charge is 0.278 e. The fourth-order valence-corrected chi connectivity index (χ4v) is 2.54. The number of nitrogen functional groups attached to an aromatic ring is 1. The molecule has 2 rings (SSSR count). The number of amides is 1. The lowest BCUT2D eigenvalue weighted by atomic mass is 10.1. The van der Waals surface area contributed by atoms with Crippen LogP contribution >= 0.6 is 15.9 Å². The van der Waals surface area contributed by atoms with Crippen molar-refractivity contribution in [1.82, 2.24) is 10.2 Å². The first kappa shape index (κ1) is 15.6. The number of nitrogens with zero attached hydrogens (tertiary/aromatic N) is 1. The maximum absolute atomic E-state index is 12.3. The molecule has 0 saturated carbocycles. The number of rotatable bonds is 4. The topological polar surface area (TPSA) is 83.8 Å². The lowest BCUT2D eigenvalue weighted by Gasteiger charge is -2.10. The molecule has 0 radical (unpaired) electrons. The standard InChI is InChI=1S/C15H19BrN4O/c1-4-9-7-10(16)5-6-11(9)18-15(21)14-12(17)13(8(2)3)19-20-14/h5-8H,4,17H2,1-3H3,(H,18,21)(H,19,20). The molecule has 0 aliphatic heterocycles. The van der Waals surface area contributed by atoms with Gasteiger partial charge in [-0.2, -0.15) is 5.10 Å². The first-order valence-electron chi connectivity index (χ1n) is 6.87. The molecule has 0 saturated heterocycles. The number of hydrogen-bond donors (Lipinski definition) is 3. The van der Waals surface area contributed by atoms with Crippen molar-refractivity contribution in [2.24, 2.45) is 0 Å². The molecule has 0 aliphatic rings. The minimum absolute atomic E-state index is 0.193. The number of halogens is 1. The number of aryl methyl sites for hydroxylation is 1. The van der Waals surface area contributed by atoms with Crippen LogP contribution in [0.15, 0.2) is 22.7 Å². The zero-order valence-corrected chi connectivity index (χ0v) is 13.9. The Kier molecular flexibility index (Phi) is 4.67. The molecule has 1 amide bonds. The third kappa shape index (κ3) is 3.26. The number of nitrogens with two attached hydrogens (primary N) is 1. The lowest BCUT2D eigenvalue weighted by molar-refractivity contribution is 0.102. The van der Waals surface area contributed by atoms with Crippen LogP contribution in [0.25, 0.3) is 0 Å². The number of aromatic amines is 1. The molecule has 1 aromatic carbocycles. The number of benzene rings is 1. The van der Waals surface area contributed by atoms with Crippen molar-refractivity contribution in [1.29, 1.82) is 0 Å². The van der Waals surface area contributed by atoms with Gasteiger partial charge in [-0.1, -0.05) is 36.7 Å². The van der Waals surface area contributed by atoms with E-state index in [0.29, 0.717) is 5.69 Å². The molecule has 2 aromatic rings. The van der Waals surface area contributed by atoms with E-state index in [1.54, 1.807) is 0 Å². The number of nitrogens with one attached hydrogen (secondary N) is 2. The molecular formula is C15H19BrN4O. The summed E-state index contributed by atoms with van der Waals surface area (Å²) in [4.78, 5) is 12.3. The normalized spacial score (nSPS) is 10.9. The van der Waals surface area contributed by atoms with Gasteiger partial charge in [0.1, 0.15) is 0 Å². The second kappa shape index (κ2) is 6.30. The Bertz CT molecular complexity index is 664. The molecule has 1 aromatic heterocycles. The van der Waals surface area contributed by atoms with Gasteiger partial charge in [-0.05, 0) is 36.1 Å². The van der Waals surface area contributed by atoms with Crippen LogP contribution in [0.1, 0.15) is 48.4 Å². The fraction of sp³-hybridized carbons (Fsp3) is 0.333. The minimum Gasteiger partial charge on any atom is -0.395 e. The predicted octanol–water partition coefficient (Wildman–Crippen LogP) is 3.69. The molecule has 0 aliphatic carbocycles. The third-order valence-electron chi connectivity index (χ3n) is 3.32. The van der Waals surface area contributed by atoms with Gasteiger partial charge in [0.2, 0.25) is 0 Å². The van der Waals surface area contributed by atoms with Crippen molar-refractivity contribution in [3.05, 3.63) is 39.6 Å². The lowest BCUT2D eigenvalue weighted by Crippen LogP contribution is -2.15. The SMILES string of the molecule is CCc1cc(Br)ccc1NC(=O)c1n[nH]c(C(C)C)c1N. The van der Waals surface area contributed by atoms with Gasteiger partial charge < -0.3 is 11.1 Å². The molecule has 0 atom stereocenters. The Morgan fingerprint density at radius 1 is 1.48 bits per heavy atom. The first-order valence-corrected chi connectivity index (χ1v) is 7.66. The number of hydrogen-bond acceptors (Lipinski definition) is 3. The molecule has 0 bridgehead atoms. The van der Waals surface area contributed by atoms with Crippen LogP contribution in [-0.4, -0.2) is 16.1 Å². The summed E-state index contributed by atoms with van der Waals surface area (Å²) in [6, 6.07) is 5.75. The Morgan fingerprint density at radius 2 is 2.19 bits per heavy atom. The number of H-pyrrole nitrogens is 1. The maximum atomic E-state index is 12.3. The molecule has 0 spiro atoms. The highest BCUT2D eigenvalue weighted by atomic mass is 79.9. The van der Waals surface area contributed by atoms with Crippen molar-refractivity contribution in [3.8, 4) is 0 Å². The largest absolute Gasteiger partial charge is 0.395 e. The van der Waals surface area contributed by atoms with E-state index in [2.05, 4.69) is 31.4 Å². The average molecular weight is 351 g/mol. The van der Waals surface area contributed by atoms with Gasteiger partial charge in [0.15, 0.2) is 5.69 Å². The Labute approximate surface area is 132 Å². The summed E-state index contributed by atoms with van der Waals surface area (Å²) in [6.07, 6.45) is 0.822. The van der Waals surface area contributed by atoms with E-state index in [-0.39, 0.29) is 17.5 Å². The number of carbonyl (C=O) groups is 1. The summed E-state index contributed by atoms with van der Waals surface area (Å²) < 4.78 is 0.985. The number of anilines is 2. The Balaban J connectivity index is 2.26. The summed E-state index contributed by atoms with van der Waals surface area (Å²) >= 11 is 3.43. The molecular weight excluding hydrogens is 332 g/mol. The van der Waals surface area contributed by atoms with Gasteiger partial charge >= 0.3 is 0 Å². The van der Waals surface area contributed by atoms with Crippen LogP contribution in [0.3, 0.4) is 0 Å². The van der Waals surface area contributed by atoms with Crippen molar-refractivity contribution >= 4 is 33.2 Å². The van der Waals surface area contributed by atoms with E-state index < -0.39 is 0 Å². The second-order valence-electron chi connectivity index (χ2n) is 5.16. The zero-order chi connectivity index (χ0) is 15.6. The van der Waals surface area contributed by atoms with Crippen molar-refractivity contribution < 1.29 is 4.79 Å². The van der Waals surface area contributed by atoms with Gasteiger partial charge in [-0.15, -0.1) is 0 Å². The number of aromatic nitrogens is 2. The van der Waals surface area contributed by atoms with E-state index in [1.165, 1.54) is 0 Å². The average Bonchev–Trinajstić information content (AvgIpc) is 2.82. The molecule has 21 heavy (non-hydrogen) atoms. The van der Waals surface area contributed by atoms with Crippen LogP contribution in [0, 0.1) is 0 Å². The van der Waals surface area contributed by atoms with Gasteiger partial charge in [0.25, 0.3) is 5.91 Å². The summed E-state index contributed by atoms with van der Waals surface area (Å²) in [5, 5.41) is 9.75. The van der Waals surface area contributed by atoms with Crippen molar-refractivity contribution in [2.45, 2.75) is 33.1 Å². The monoisotopic (exact) mass is 350 g/mol. The van der Waals surface area contributed by atoms with Gasteiger partial charge in [-0.25, -0.2) is 0 Å². The summed E-state index contributed by atoms with van der Waals surface area (Å²) in [5.41, 5.74) is 9.26. The van der Waals surface area contributed by atoms with Crippen LogP contribution in [0.5, 0.6) is 0 Å². The molecule has 0 unspecified atom stereocenters. The molecule has 112 valence electrons. The zero-order valence-electron chi connectivity index (χ0n) is 12.3. The highest BCUT2D eigenvalue weighted by Gasteiger charge is 2.19. The third-order valence-corrected chi connectivity index (χ3v) is 3.82. The predicted molar refractivity (Wildman–Crippen MR) is 88.6 cm³/mol. The summed E-state index contributed by atoms with van der Waals surface area (Å²) in [6.45, 7) is 6.03. The molecule has 4 N–H and O–H groups in total. The highest BCUT2D eigenvalue weighted by molar-refractivity contribution is 9.10. The Hall–Kier alpha value is -1.82. The number of carbonyl (C=O) groups excluding carboxylic acids is 1. The van der Waals surface area contributed by atoms with Crippen LogP contribution in [-0.2, 0) is 6.42 Å². The van der Waals surface area contributed by atoms with E-state index in [9.17, 15) is 4.79 Å². The van der Waals surface area contributed by atoms with Gasteiger partial charge in [0, 0.05) is 10.2 Å². The van der Waals surface area contributed by atoms with E-state index >= 15 is 0 Å². The van der Waals surface area contributed by atoms with E-state index in [1.807, 2.05) is 39.0 Å². The van der Waals surface area contributed by atoms with Gasteiger partial charge in [-0.3, -0.25) is 9.89 Å². The maximum Gasteiger partial charge on any atom is 0.278 e. The van der Waals surface area contributed by atoms with Crippen LogP contribution in [0.2, 0.25) is 0 Å². The minimum atomic E-state index is -0.298. The first-order chi connectivity index (χ1) is 9.93.